The Balaban J connectivity index is 2.45. The first kappa shape index (κ1) is 13.2. The van der Waals surface area contributed by atoms with Gasteiger partial charge in [-0.25, -0.2) is 4.39 Å². The summed E-state index contributed by atoms with van der Waals surface area (Å²) in [6.45, 7) is 0. The lowest BCUT2D eigenvalue weighted by molar-refractivity contribution is -0.141. The first-order valence-corrected chi connectivity index (χ1v) is 5.20. The molecule has 0 radical (unpaired) electrons. The molecule has 2 aromatic rings. The van der Waals surface area contributed by atoms with Crippen LogP contribution in [-0.2, 0) is 6.18 Å². The molecule has 2 nitrogen and oxygen atoms in total. The van der Waals surface area contributed by atoms with Crippen molar-refractivity contribution >= 4 is 6.29 Å². The Labute approximate surface area is 105 Å². The molecule has 1 aromatic heterocycles. The normalized spacial score (nSPS) is 11.4. The second kappa shape index (κ2) is 4.79. The van der Waals surface area contributed by atoms with E-state index in [-0.39, 0.29) is 16.7 Å². The van der Waals surface area contributed by atoms with Gasteiger partial charge >= 0.3 is 6.18 Å². The van der Waals surface area contributed by atoms with Crippen LogP contribution in [0.4, 0.5) is 17.6 Å². The third kappa shape index (κ3) is 2.78. The maximum Gasteiger partial charge on any atom is 0.433 e. The van der Waals surface area contributed by atoms with E-state index in [1.165, 1.54) is 12.1 Å². The summed E-state index contributed by atoms with van der Waals surface area (Å²) < 4.78 is 50.6. The number of alkyl halides is 3. The van der Waals surface area contributed by atoms with E-state index in [1.807, 2.05) is 0 Å². The quantitative estimate of drug-likeness (QED) is 0.614. The highest BCUT2D eigenvalue weighted by molar-refractivity contribution is 5.78. The molecule has 0 bridgehead atoms. The topological polar surface area (TPSA) is 30.0 Å². The molecule has 1 aromatic carbocycles. The summed E-state index contributed by atoms with van der Waals surface area (Å²) in [7, 11) is 0. The van der Waals surface area contributed by atoms with E-state index in [1.54, 1.807) is 0 Å². The van der Waals surface area contributed by atoms with Crippen LogP contribution >= 0.6 is 0 Å². The molecule has 0 aliphatic carbocycles. The molecule has 0 amide bonds. The minimum absolute atomic E-state index is 0.0332. The highest BCUT2D eigenvalue weighted by atomic mass is 19.4. The lowest BCUT2D eigenvalue weighted by Crippen LogP contribution is -2.07. The van der Waals surface area contributed by atoms with Crippen molar-refractivity contribution in [1.29, 1.82) is 0 Å². The minimum Gasteiger partial charge on any atom is -0.298 e. The maximum atomic E-state index is 13.6. The lowest BCUT2D eigenvalue weighted by Gasteiger charge is -2.07. The number of hydrogen-bond donors (Lipinski definition) is 0. The monoisotopic (exact) mass is 269 g/mol. The van der Waals surface area contributed by atoms with E-state index in [0.717, 1.165) is 24.4 Å². The molecular weight excluding hydrogens is 262 g/mol. The SMILES string of the molecule is O=Cc1ccc(F)c(-c2ccc(C(F)(F)F)nc2)c1. The van der Waals surface area contributed by atoms with Gasteiger partial charge in [0.15, 0.2) is 0 Å². The van der Waals surface area contributed by atoms with Crippen LogP contribution in [0.15, 0.2) is 36.5 Å². The summed E-state index contributed by atoms with van der Waals surface area (Å²) in [6.07, 6.45) is -3.09. The molecule has 0 aliphatic heterocycles. The van der Waals surface area contributed by atoms with Crippen molar-refractivity contribution in [3.8, 4) is 11.1 Å². The average Bonchev–Trinajstić information content (AvgIpc) is 2.38. The Morgan fingerprint density at radius 1 is 1.11 bits per heavy atom. The molecule has 2 rings (SSSR count). The van der Waals surface area contributed by atoms with Gasteiger partial charge in [-0.3, -0.25) is 9.78 Å². The van der Waals surface area contributed by atoms with Gasteiger partial charge in [0, 0.05) is 22.9 Å². The molecule has 0 aliphatic rings. The van der Waals surface area contributed by atoms with Crippen molar-refractivity contribution in [1.82, 2.24) is 4.98 Å². The van der Waals surface area contributed by atoms with Gasteiger partial charge in [-0.05, 0) is 24.3 Å². The summed E-state index contributed by atoms with van der Waals surface area (Å²) in [6, 6.07) is 5.50. The number of nitrogens with zero attached hydrogens (tertiary/aromatic N) is 1. The summed E-state index contributed by atoms with van der Waals surface area (Å²) in [4.78, 5) is 13.8. The average molecular weight is 269 g/mol. The van der Waals surface area contributed by atoms with Crippen molar-refractivity contribution in [2.24, 2.45) is 0 Å². The Morgan fingerprint density at radius 2 is 1.84 bits per heavy atom. The fourth-order valence-electron chi connectivity index (χ4n) is 1.56. The Bertz CT molecular complexity index is 605. The van der Waals surface area contributed by atoms with Crippen LogP contribution < -0.4 is 0 Å². The van der Waals surface area contributed by atoms with Gasteiger partial charge in [-0.1, -0.05) is 6.07 Å². The summed E-state index contributed by atoms with van der Waals surface area (Å²) >= 11 is 0. The van der Waals surface area contributed by atoms with E-state index in [2.05, 4.69) is 4.98 Å². The summed E-state index contributed by atoms with van der Waals surface area (Å²) in [5.41, 5.74) is -0.612. The first-order chi connectivity index (χ1) is 8.91. The Kier molecular flexibility index (Phi) is 3.33. The van der Waals surface area contributed by atoms with Crippen molar-refractivity contribution in [3.63, 3.8) is 0 Å². The van der Waals surface area contributed by atoms with E-state index < -0.39 is 17.7 Å². The van der Waals surface area contributed by atoms with Crippen LogP contribution in [0, 0.1) is 5.82 Å². The largest absolute Gasteiger partial charge is 0.433 e. The van der Waals surface area contributed by atoms with Crippen LogP contribution in [-0.4, -0.2) is 11.3 Å². The van der Waals surface area contributed by atoms with E-state index in [0.29, 0.717) is 6.29 Å². The number of halogens is 4. The van der Waals surface area contributed by atoms with Crippen LogP contribution in [0.2, 0.25) is 0 Å². The van der Waals surface area contributed by atoms with Gasteiger partial charge in [0.25, 0.3) is 0 Å². The molecule has 0 N–H and O–H groups in total. The van der Waals surface area contributed by atoms with E-state index >= 15 is 0 Å². The number of aldehydes is 1. The molecule has 98 valence electrons. The number of hydrogen-bond acceptors (Lipinski definition) is 2. The molecule has 0 unspecified atom stereocenters. The molecule has 0 spiro atoms. The van der Waals surface area contributed by atoms with Crippen LogP contribution in [0.3, 0.4) is 0 Å². The molecule has 0 atom stereocenters. The van der Waals surface area contributed by atoms with Gasteiger partial charge in [0.2, 0.25) is 0 Å². The van der Waals surface area contributed by atoms with Gasteiger partial charge in [-0.2, -0.15) is 13.2 Å². The molecule has 0 saturated heterocycles. The van der Waals surface area contributed by atoms with Crippen LogP contribution in [0.1, 0.15) is 16.1 Å². The number of benzene rings is 1. The van der Waals surface area contributed by atoms with E-state index in [4.69, 9.17) is 0 Å². The fraction of sp³-hybridized carbons (Fsp3) is 0.0769. The predicted molar refractivity (Wildman–Crippen MR) is 60.0 cm³/mol. The van der Waals surface area contributed by atoms with Crippen molar-refractivity contribution in [2.75, 3.05) is 0 Å². The van der Waals surface area contributed by atoms with Crippen molar-refractivity contribution in [3.05, 3.63) is 53.6 Å². The zero-order chi connectivity index (χ0) is 14.0. The third-order valence-electron chi connectivity index (χ3n) is 2.49. The fourth-order valence-corrected chi connectivity index (χ4v) is 1.56. The maximum absolute atomic E-state index is 13.6. The summed E-state index contributed by atoms with van der Waals surface area (Å²) in [5.74, 6) is -0.632. The minimum atomic E-state index is -4.54. The lowest BCUT2D eigenvalue weighted by atomic mass is 10.0. The molecule has 19 heavy (non-hydrogen) atoms. The highest BCUT2D eigenvalue weighted by Gasteiger charge is 2.32. The van der Waals surface area contributed by atoms with E-state index in [9.17, 15) is 22.4 Å². The number of carbonyl (C=O) groups is 1. The highest BCUT2D eigenvalue weighted by Crippen LogP contribution is 2.29. The first-order valence-electron chi connectivity index (χ1n) is 5.20. The standard InChI is InChI=1S/C13H7F4NO/c14-11-3-1-8(7-19)5-10(11)9-2-4-12(18-6-9)13(15,16)17/h1-7H. The smallest absolute Gasteiger partial charge is 0.298 e. The Hall–Kier alpha value is -2.24. The molecular formula is C13H7F4NO. The molecule has 0 saturated carbocycles. The van der Waals surface area contributed by atoms with Crippen molar-refractivity contribution < 1.29 is 22.4 Å². The van der Waals surface area contributed by atoms with Gasteiger partial charge in [0.1, 0.15) is 17.8 Å². The van der Waals surface area contributed by atoms with Crippen LogP contribution in [0.25, 0.3) is 11.1 Å². The zero-order valence-electron chi connectivity index (χ0n) is 9.41. The number of rotatable bonds is 2. The third-order valence-corrected chi connectivity index (χ3v) is 2.49. The second-order valence-corrected chi connectivity index (χ2v) is 3.79. The number of carbonyl (C=O) groups excluding carboxylic acids is 1. The van der Waals surface area contributed by atoms with Gasteiger partial charge < -0.3 is 0 Å². The second-order valence-electron chi connectivity index (χ2n) is 3.79. The van der Waals surface area contributed by atoms with Gasteiger partial charge in [-0.15, -0.1) is 0 Å². The molecule has 1 heterocycles. The van der Waals surface area contributed by atoms with Crippen molar-refractivity contribution in [2.45, 2.75) is 6.18 Å². The zero-order valence-corrected chi connectivity index (χ0v) is 9.41. The summed E-state index contributed by atoms with van der Waals surface area (Å²) in [5, 5.41) is 0. The van der Waals surface area contributed by atoms with Gasteiger partial charge in [0.05, 0.1) is 0 Å². The van der Waals surface area contributed by atoms with Crippen LogP contribution in [0.5, 0.6) is 0 Å². The number of pyridine rings is 1. The Morgan fingerprint density at radius 3 is 2.37 bits per heavy atom. The molecule has 6 heteroatoms. The molecule has 0 fully saturated rings. The predicted octanol–water partition coefficient (Wildman–Crippen LogP) is 3.72. The number of aromatic nitrogens is 1.